The molecular weight excluding hydrogens is 176 g/mol. The maximum Gasteiger partial charge on any atom is 0.111 e. The normalized spacial score (nSPS) is 22.2. The maximum atomic E-state index is 9.30. The van der Waals surface area contributed by atoms with Crippen LogP contribution in [0.2, 0.25) is 0 Å². The van der Waals surface area contributed by atoms with Gasteiger partial charge in [-0.1, -0.05) is 0 Å². The van der Waals surface area contributed by atoms with Gasteiger partial charge in [0.25, 0.3) is 0 Å². The molecule has 0 rings (SSSR count). The molecule has 0 heterocycles. The monoisotopic (exact) mass is 194 g/mol. The Bertz CT molecular complexity index is 151. The van der Waals surface area contributed by atoms with Gasteiger partial charge in [0.15, 0.2) is 0 Å². The van der Waals surface area contributed by atoms with Gasteiger partial charge in [-0.25, -0.2) is 0 Å². The molecule has 0 radical (unpaired) electrons. The van der Waals surface area contributed by atoms with Crippen molar-refractivity contribution in [3.05, 3.63) is 0 Å². The molecule has 5 N–H and O–H groups in total. The first-order chi connectivity index (χ1) is 5.68. The average Bonchev–Trinajstić information content (AvgIpc) is 1.98. The second kappa shape index (κ2) is 4.34. The molecule has 0 aliphatic carbocycles. The number of hydrogen-bond donors (Lipinski definition) is 5. The lowest BCUT2D eigenvalue weighted by Gasteiger charge is -2.32. The molecule has 0 bridgehead atoms. The highest BCUT2D eigenvalue weighted by Gasteiger charge is 2.36. The zero-order valence-corrected chi connectivity index (χ0v) is 8.05. The molecule has 0 saturated carbocycles. The van der Waals surface area contributed by atoms with Gasteiger partial charge in [-0.2, -0.15) is 0 Å². The molecule has 0 aromatic rings. The fraction of sp³-hybridized carbons (Fsp3) is 1.00. The summed E-state index contributed by atoms with van der Waals surface area (Å²) in [4.78, 5) is 0. The Morgan fingerprint density at radius 2 is 1.31 bits per heavy atom. The van der Waals surface area contributed by atoms with Crippen molar-refractivity contribution in [1.82, 2.24) is 0 Å². The molecule has 5 heteroatoms. The smallest absolute Gasteiger partial charge is 0.111 e. The van der Waals surface area contributed by atoms with Gasteiger partial charge in [0, 0.05) is 0 Å². The van der Waals surface area contributed by atoms with Crippen LogP contribution in [0.3, 0.4) is 0 Å². The van der Waals surface area contributed by atoms with E-state index in [0.717, 1.165) is 0 Å². The molecule has 13 heavy (non-hydrogen) atoms. The summed E-state index contributed by atoms with van der Waals surface area (Å²) >= 11 is 0. The second-order valence-corrected chi connectivity index (χ2v) is 3.82. The molecule has 5 nitrogen and oxygen atoms in total. The molecule has 0 aliphatic rings. The largest absolute Gasteiger partial charge is 0.391 e. The highest BCUT2D eigenvalue weighted by atomic mass is 16.4. The van der Waals surface area contributed by atoms with Crippen molar-refractivity contribution in [2.75, 3.05) is 0 Å². The molecule has 0 fully saturated rings. The van der Waals surface area contributed by atoms with Crippen LogP contribution < -0.4 is 0 Å². The summed E-state index contributed by atoms with van der Waals surface area (Å²) in [5, 5.41) is 45.9. The van der Waals surface area contributed by atoms with Crippen LogP contribution in [0.15, 0.2) is 0 Å². The summed E-state index contributed by atoms with van der Waals surface area (Å²) in [5.41, 5.74) is -1.52. The van der Waals surface area contributed by atoms with E-state index in [0.29, 0.717) is 0 Å². The minimum absolute atomic E-state index is 1.16. The van der Waals surface area contributed by atoms with E-state index in [2.05, 4.69) is 0 Å². The van der Waals surface area contributed by atoms with Gasteiger partial charge < -0.3 is 25.5 Å². The number of aliphatic hydroxyl groups excluding tert-OH is 4. The van der Waals surface area contributed by atoms with Crippen LogP contribution in [0.4, 0.5) is 0 Å². The van der Waals surface area contributed by atoms with Crippen LogP contribution in [-0.4, -0.2) is 55.5 Å². The quantitative estimate of drug-likeness (QED) is 0.364. The Labute approximate surface area is 77.3 Å². The molecule has 0 unspecified atom stereocenters. The van der Waals surface area contributed by atoms with Crippen molar-refractivity contribution in [2.45, 2.75) is 50.8 Å². The van der Waals surface area contributed by atoms with E-state index in [1.807, 2.05) is 0 Å². The predicted molar refractivity (Wildman–Crippen MR) is 46.0 cm³/mol. The Balaban J connectivity index is 4.34. The van der Waals surface area contributed by atoms with Crippen LogP contribution in [0, 0.1) is 0 Å². The van der Waals surface area contributed by atoms with Crippen molar-refractivity contribution in [1.29, 1.82) is 0 Å². The minimum atomic E-state index is -1.57. The van der Waals surface area contributed by atoms with Crippen molar-refractivity contribution in [2.24, 2.45) is 0 Å². The summed E-state index contributed by atoms with van der Waals surface area (Å²) in [6.45, 7) is 3.89. The third kappa shape index (κ3) is 3.58. The number of hydrogen-bond acceptors (Lipinski definition) is 5. The van der Waals surface area contributed by atoms with E-state index >= 15 is 0 Å². The van der Waals surface area contributed by atoms with Gasteiger partial charge in [0.1, 0.15) is 18.3 Å². The molecular formula is C8H18O5. The Kier molecular flexibility index (Phi) is 4.28. The fourth-order valence-corrected chi connectivity index (χ4v) is 0.890. The van der Waals surface area contributed by atoms with E-state index in [1.54, 1.807) is 0 Å². The van der Waals surface area contributed by atoms with Gasteiger partial charge in [0.2, 0.25) is 0 Å². The number of aliphatic hydroxyl groups is 5. The van der Waals surface area contributed by atoms with Crippen molar-refractivity contribution in [3.8, 4) is 0 Å². The fourth-order valence-electron chi connectivity index (χ4n) is 0.890. The van der Waals surface area contributed by atoms with Crippen molar-refractivity contribution < 1.29 is 25.5 Å². The summed E-state index contributed by atoms with van der Waals surface area (Å²) in [6, 6.07) is 0. The summed E-state index contributed by atoms with van der Waals surface area (Å²) in [7, 11) is 0. The summed E-state index contributed by atoms with van der Waals surface area (Å²) < 4.78 is 0. The first-order valence-electron chi connectivity index (χ1n) is 4.12. The van der Waals surface area contributed by atoms with Crippen molar-refractivity contribution in [3.63, 3.8) is 0 Å². The Morgan fingerprint density at radius 1 is 0.923 bits per heavy atom. The van der Waals surface area contributed by atoms with E-state index in [-0.39, 0.29) is 0 Å². The molecule has 0 aliphatic heterocycles. The van der Waals surface area contributed by atoms with Crippen LogP contribution in [-0.2, 0) is 0 Å². The SMILES string of the molecule is C[C@H](O)[C@@H](O)[C@@H](O)[C@H](O)C(C)(C)O. The molecule has 80 valence electrons. The molecule has 0 amide bonds. The van der Waals surface area contributed by atoms with Gasteiger partial charge in [-0.05, 0) is 20.8 Å². The van der Waals surface area contributed by atoms with Gasteiger partial charge in [-0.3, -0.25) is 0 Å². The molecule has 0 saturated heterocycles. The van der Waals surface area contributed by atoms with E-state index in [9.17, 15) is 15.3 Å². The van der Waals surface area contributed by atoms with Gasteiger partial charge in [-0.15, -0.1) is 0 Å². The van der Waals surface area contributed by atoms with E-state index in [1.165, 1.54) is 20.8 Å². The van der Waals surface area contributed by atoms with E-state index < -0.39 is 30.0 Å². The summed E-state index contributed by atoms with van der Waals surface area (Å²) in [6.07, 6.45) is -5.70. The van der Waals surface area contributed by atoms with Crippen molar-refractivity contribution >= 4 is 0 Å². The Morgan fingerprint density at radius 3 is 1.54 bits per heavy atom. The highest BCUT2D eigenvalue weighted by molar-refractivity contribution is 4.88. The summed E-state index contributed by atoms with van der Waals surface area (Å²) in [5.74, 6) is 0. The van der Waals surface area contributed by atoms with Crippen LogP contribution in [0.25, 0.3) is 0 Å². The van der Waals surface area contributed by atoms with Crippen LogP contribution in [0.5, 0.6) is 0 Å². The second-order valence-electron chi connectivity index (χ2n) is 3.82. The zero-order valence-electron chi connectivity index (χ0n) is 8.05. The average molecular weight is 194 g/mol. The lowest BCUT2D eigenvalue weighted by atomic mass is 9.92. The topological polar surface area (TPSA) is 101 Å². The molecule has 4 atom stereocenters. The lowest BCUT2D eigenvalue weighted by Crippen LogP contribution is -2.52. The van der Waals surface area contributed by atoms with E-state index in [4.69, 9.17) is 10.2 Å². The standard InChI is InChI=1S/C8H18O5/c1-4(9)5(10)6(11)7(12)8(2,3)13/h4-7,9-13H,1-3H3/t4-,5+,6+,7-/m0/s1. The Hall–Kier alpha value is -0.200. The first kappa shape index (κ1) is 12.8. The molecule has 0 aromatic carbocycles. The zero-order chi connectivity index (χ0) is 10.8. The lowest BCUT2D eigenvalue weighted by molar-refractivity contribution is -0.155. The predicted octanol–water partition coefficient (Wildman–Crippen LogP) is -1.78. The number of rotatable bonds is 4. The van der Waals surface area contributed by atoms with Gasteiger partial charge >= 0.3 is 0 Å². The minimum Gasteiger partial charge on any atom is -0.391 e. The third-order valence-corrected chi connectivity index (χ3v) is 1.89. The van der Waals surface area contributed by atoms with Crippen LogP contribution >= 0.6 is 0 Å². The maximum absolute atomic E-state index is 9.30. The third-order valence-electron chi connectivity index (χ3n) is 1.89. The molecule has 0 aromatic heterocycles. The van der Waals surface area contributed by atoms with Crippen LogP contribution in [0.1, 0.15) is 20.8 Å². The molecule has 0 spiro atoms. The highest BCUT2D eigenvalue weighted by Crippen LogP contribution is 2.15. The first-order valence-corrected chi connectivity index (χ1v) is 4.12. The van der Waals surface area contributed by atoms with Gasteiger partial charge in [0.05, 0.1) is 11.7 Å².